The monoisotopic (exact) mass is 248 g/mol. The number of nitrogens with zero attached hydrogens (tertiary/aromatic N) is 1. The van der Waals surface area contributed by atoms with Gasteiger partial charge in [-0.25, -0.2) is 0 Å². The van der Waals surface area contributed by atoms with E-state index in [0.29, 0.717) is 5.75 Å². The molecule has 1 heterocycles. The molecule has 2 rings (SSSR count). The van der Waals surface area contributed by atoms with Crippen molar-refractivity contribution < 1.29 is 5.11 Å². The van der Waals surface area contributed by atoms with Gasteiger partial charge in [0.2, 0.25) is 0 Å². The number of rotatable bonds is 4. The van der Waals surface area contributed by atoms with E-state index in [2.05, 4.69) is 24.1 Å². The Hall–Kier alpha value is -1.06. The minimum absolute atomic E-state index is 0.385. The number of piperazine rings is 1. The van der Waals surface area contributed by atoms with Crippen molar-refractivity contribution in [2.75, 3.05) is 32.7 Å². The van der Waals surface area contributed by atoms with Crippen LogP contribution in [0.4, 0.5) is 0 Å². The topological polar surface area (TPSA) is 35.5 Å². The summed E-state index contributed by atoms with van der Waals surface area (Å²) in [6.07, 6.45) is 2.31. The fourth-order valence-electron chi connectivity index (χ4n) is 2.78. The third kappa shape index (κ3) is 3.47. The zero-order valence-corrected chi connectivity index (χ0v) is 11.5. The maximum absolute atomic E-state index is 9.53. The molecule has 0 aliphatic carbocycles. The van der Waals surface area contributed by atoms with E-state index in [4.69, 9.17) is 0 Å². The summed E-state index contributed by atoms with van der Waals surface area (Å²) in [7, 11) is 0. The highest BCUT2D eigenvalue weighted by atomic mass is 16.3. The Bertz CT molecular complexity index is 374. The quantitative estimate of drug-likeness (QED) is 0.853. The predicted molar refractivity (Wildman–Crippen MR) is 75.2 cm³/mol. The summed E-state index contributed by atoms with van der Waals surface area (Å²) in [5.41, 5.74) is 3.84. The molecule has 3 nitrogen and oxygen atoms in total. The minimum atomic E-state index is 0.385. The van der Waals surface area contributed by atoms with Gasteiger partial charge in [0.25, 0.3) is 0 Å². The van der Waals surface area contributed by atoms with Gasteiger partial charge in [0, 0.05) is 26.2 Å². The molecule has 0 aromatic heterocycles. The molecule has 1 saturated heterocycles. The third-order valence-corrected chi connectivity index (χ3v) is 3.79. The maximum Gasteiger partial charge on any atom is 0.116 e. The van der Waals surface area contributed by atoms with Gasteiger partial charge in [0.1, 0.15) is 5.75 Å². The molecule has 1 aromatic carbocycles. The standard InChI is InChI=1S/C15H24N2O/c1-12-10-14(18)11-13(2)15(12)4-3-7-17-8-5-16-6-9-17/h10-11,16,18H,3-9H2,1-2H3. The van der Waals surface area contributed by atoms with E-state index < -0.39 is 0 Å². The Kier molecular flexibility index (Phi) is 4.61. The predicted octanol–water partition coefficient (Wildman–Crippen LogP) is 1.85. The van der Waals surface area contributed by atoms with Crippen molar-refractivity contribution in [1.82, 2.24) is 10.2 Å². The fourth-order valence-corrected chi connectivity index (χ4v) is 2.78. The van der Waals surface area contributed by atoms with Crippen molar-refractivity contribution in [3.8, 4) is 5.75 Å². The van der Waals surface area contributed by atoms with Crippen LogP contribution in [0.25, 0.3) is 0 Å². The van der Waals surface area contributed by atoms with Crippen LogP contribution in [-0.2, 0) is 6.42 Å². The van der Waals surface area contributed by atoms with Crippen molar-refractivity contribution >= 4 is 0 Å². The first-order valence-corrected chi connectivity index (χ1v) is 6.89. The van der Waals surface area contributed by atoms with Gasteiger partial charge in [-0.3, -0.25) is 0 Å². The number of phenols is 1. The number of nitrogens with one attached hydrogen (secondary N) is 1. The zero-order valence-electron chi connectivity index (χ0n) is 11.5. The Morgan fingerprint density at radius 1 is 1.17 bits per heavy atom. The van der Waals surface area contributed by atoms with Gasteiger partial charge in [-0.05, 0) is 62.1 Å². The summed E-state index contributed by atoms with van der Waals surface area (Å²) >= 11 is 0. The van der Waals surface area contributed by atoms with Crippen molar-refractivity contribution in [2.24, 2.45) is 0 Å². The fraction of sp³-hybridized carbons (Fsp3) is 0.600. The van der Waals surface area contributed by atoms with Crippen LogP contribution in [-0.4, -0.2) is 42.7 Å². The smallest absolute Gasteiger partial charge is 0.116 e. The van der Waals surface area contributed by atoms with E-state index >= 15 is 0 Å². The Morgan fingerprint density at radius 2 is 1.78 bits per heavy atom. The van der Waals surface area contributed by atoms with E-state index in [1.807, 2.05) is 12.1 Å². The molecule has 100 valence electrons. The van der Waals surface area contributed by atoms with Crippen LogP contribution in [0.3, 0.4) is 0 Å². The van der Waals surface area contributed by atoms with Crippen LogP contribution in [0.2, 0.25) is 0 Å². The van der Waals surface area contributed by atoms with Crippen molar-refractivity contribution in [1.29, 1.82) is 0 Å². The van der Waals surface area contributed by atoms with Crippen LogP contribution in [0.1, 0.15) is 23.1 Å². The number of benzene rings is 1. The van der Waals surface area contributed by atoms with Crippen LogP contribution < -0.4 is 5.32 Å². The van der Waals surface area contributed by atoms with Crippen molar-refractivity contribution in [2.45, 2.75) is 26.7 Å². The third-order valence-electron chi connectivity index (χ3n) is 3.79. The number of hydrogen-bond acceptors (Lipinski definition) is 3. The van der Waals surface area contributed by atoms with E-state index in [1.54, 1.807) is 0 Å². The molecule has 18 heavy (non-hydrogen) atoms. The van der Waals surface area contributed by atoms with Gasteiger partial charge in [-0.15, -0.1) is 0 Å². The highest BCUT2D eigenvalue weighted by Gasteiger charge is 2.10. The van der Waals surface area contributed by atoms with Gasteiger partial charge in [0.15, 0.2) is 0 Å². The average molecular weight is 248 g/mol. The first kappa shape index (κ1) is 13.4. The first-order valence-electron chi connectivity index (χ1n) is 6.89. The molecule has 0 saturated carbocycles. The molecule has 1 fully saturated rings. The van der Waals surface area contributed by atoms with Gasteiger partial charge < -0.3 is 15.3 Å². The first-order chi connectivity index (χ1) is 8.66. The summed E-state index contributed by atoms with van der Waals surface area (Å²) in [5.74, 6) is 0.385. The van der Waals surface area contributed by atoms with Gasteiger partial charge >= 0.3 is 0 Å². The van der Waals surface area contributed by atoms with Gasteiger partial charge in [-0.2, -0.15) is 0 Å². The summed E-state index contributed by atoms with van der Waals surface area (Å²) in [5, 5.41) is 12.9. The van der Waals surface area contributed by atoms with Crippen LogP contribution >= 0.6 is 0 Å². The zero-order chi connectivity index (χ0) is 13.0. The molecule has 0 unspecified atom stereocenters. The molecule has 2 N–H and O–H groups in total. The van der Waals surface area contributed by atoms with Crippen molar-refractivity contribution in [3.63, 3.8) is 0 Å². The lowest BCUT2D eigenvalue weighted by atomic mass is 9.98. The molecule has 3 heteroatoms. The Labute approximate surface area is 110 Å². The molecular weight excluding hydrogens is 224 g/mol. The average Bonchev–Trinajstić information content (AvgIpc) is 2.34. The Balaban J connectivity index is 1.86. The largest absolute Gasteiger partial charge is 0.508 e. The van der Waals surface area contributed by atoms with Crippen LogP contribution in [0.5, 0.6) is 5.75 Å². The van der Waals surface area contributed by atoms with E-state index in [-0.39, 0.29) is 0 Å². The van der Waals surface area contributed by atoms with Gasteiger partial charge in [0.05, 0.1) is 0 Å². The summed E-state index contributed by atoms with van der Waals surface area (Å²) in [4.78, 5) is 2.53. The number of hydrogen-bond donors (Lipinski definition) is 2. The van der Waals surface area contributed by atoms with Crippen LogP contribution in [0.15, 0.2) is 12.1 Å². The maximum atomic E-state index is 9.53. The molecule has 1 aliphatic heterocycles. The highest BCUT2D eigenvalue weighted by Crippen LogP contribution is 2.22. The summed E-state index contributed by atoms with van der Waals surface area (Å²) in [6.45, 7) is 9.96. The lowest BCUT2D eigenvalue weighted by Crippen LogP contribution is -2.43. The second-order valence-corrected chi connectivity index (χ2v) is 5.25. The normalized spacial score (nSPS) is 17.0. The SMILES string of the molecule is Cc1cc(O)cc(C)c1CCCN1CCNCC1. The lowest BCUT2D eigenvalue weighted by molar-refractivity contribution is 0.238. The molecule has 0 spiro atoms. The molecule has 0 bridgehead atoms. The highest BCUT2D eigenvalue weighted by molar-refractivity contribution is 5.40. The molecule has 0 amide bonds. The number of aromatic hydroxyl groups is 1. The number of phenolic OH excluding ortho intramolecular Hbond substituents is 1. The summed E-state index contributed by atoms with van der Waals surface area (Å²) < 4.78 is 0. The molecule has 0 atom stereocenters. The number of aryl methyl sites for hydroxylation is 2. The molecule has 1 aromatic rings. The van der Waals surface area contributed by atoms with E-state index in [9.17, 15) is 5.11 Å². The summed E-state index contributed by atoms with van der Waals surface area (Å²) in [6, 6.07) is 3.74. The van der Waals surface area contributed by atoms with Crippen molar-refractivity contribution in [3.05, 3.63) is 28.8 Å². The van der Waals surface area contributed by atoms with E-state index in [0.717, 1.165) is 19.5 Å². The van der Waals surface area contributed by atoms with Crippen LogP contribution in [0, 0.1) is 13.8 Å². The second-order valence-electron chi connectivity index (χ2n) is 5.25. The molecular formula is C15H24N2O. The second kappa shape index (κ2) is 6.21. The minimum Gasteiger partial charge on any atom is -0.508 e. The van der Waals surface area contributed by atoms with E-state index in [1.165, 1.54) is 42.7 Å². The Morgan fingerprint density at radius 3 is 2.39 bits per heavy atom. The van der Waals surface area contributed by atoms with Gasteiger partial charge in [-0.1, -0.05) is 0 Å². The lowest BCUT2D eigenvalue weighted by Gasteiger charge is -2.27. The molecule has 0 radical (unpaired) electrons. The molecule has 1 aliphatic rings.